The molecule has 0 bridgehead atoms. The van der Waals surface area contributed by atoms with E-state index in [-0.39, 0.29) is 0 Å². The van der Waals surface area contributed by atoms with Gasteiger partial charge >= 0.3 is 0 Å². The predicted octanol–water partition coefficient (Wildman–Crippen LogP) is 2.68. The van der Waals surface area contributed by atoms with Crippen molar-refractivity contribution in [1.82, 2.24) is 9.66 Å². The molecule has 0 unspecified atom stereocenters. The molecule has 0 saturated heterocycles. The summed E-state index contributed by atoms with van der Waals surface area (Å²) in [5, 5.41) is 0. The molecule has 15 heavy (non-hydrogen) atoms. The largest absolute Gasteiger partial charge is 0.278 e. The highest BCUT2D eigenvalue weighted by atomic mass is 15.4. The van der Waals surface area contributed by atoms with Crippen LogP contribution in [0.4, 0.5) is 5.82 Å². The normalized spacial score (nSPS) is 10.3. The molecule has 2 aromatic rings. The Hall–Kier alpha value is -1.77. The second-order valence-electron chi connectivity index (χ2n) is 3.73. The molecule has 0 fully saturated rings. The quantitative estimate of drug-likeness (QED) is 0.809. The van der Waals surface area contributed by atoms with E-state index in [9.17, 15) is 0 Å². The number of anilines is 1. The van der Waals surface area contributed by atoms with Gasteiger partial charge in [0.2, 0.25) is 0 Å². The fourth-order valence-electron chi connectivity index (χ4n) is 1.56. The van der Waals surface area contributed by atoms with E-state index in [1.165, 1.54) is 11.4 Å². The fourth-order valence-corrected chi connectivity index (χ4v) is 1.56. The maximum atomic E-state index is 4.40. The SMILES string of the molecule is Cc1cccc(Nn2c(C)ccc2C)n1. The Bertz CT molecular complexity index is 452. The van der Waals surface area contributed by atoms with Crippen LogP contribution in [-0.4, -0.2) is 9.66 Å². The molecule has 3 nitrogen and oxygen atoms in total. The number of hydrogen-bond donors (Lipinski definition) is 1. The van der Waals surface area contributed by atoms with Gasteiger partial charge in [0, 0.05) is 17.1 Å². The lowest BCUT2D eigenvalue weighted by molar-refractivity contribution is 0.868. The third-order valence-electron chi connectivity index (χ3n) is 2.39. The van der Waals surface area contributed by atoms with Gasteiger partial charge in [-0.05, 0) is 45.0 Å². The van der Waals surface area contributed by atoms with E-state index in [0.717, 1.165) is 11.5 Å². The molecule has 2 heterocycles. The monoisotopic (exact) mass is 201 g/mol. The minimum atomic E-state index is 0.873. The van der Waals surface area contributed by atoms with Gasteiger partial charge < -0.3 is 0 Å². The van der Waals surface area contributed by atoms with Crippen LogP contribution in [0.2, 0.25) is 0 Å². The Balaban J connectivity index is 2.29. The third-order valence-corrected chi connectivity index (χ3v) is 2.39. The lowest BCUT2D eigenvalue weighted by Gasteiger charge is -2.11. The maximum Gasteiger partial charge on any atom is 0.145 e. The van der Waals surface area contributed by atoms with E-state index in [2.05, 4.69) is 36.4 Å². The zero-order chi connectivity index (χ0) is 10.8. The Morgan fingerprint density at radius 1 is 1.00 bits per heavy atom. The summed E-state index contributed by atoms with van der Waals surface area (Å²) in [6.45, 7) is 6.12. The van der Waals surface area contributed by atoms with Gasteiger partial charge in [-0.2, -0.15) is 0 Å². The highest BCUT2D eigenvalue weighted by molar-refractivity contribution is 5.36. The first-order valence-electron chi connectivity index (χ1n) is 5.02. The van der Waals surface area contributed by atoms with Gasteiger partial charge in [0.15, 0.2) is 0 Å². The highest BCUT2D eigenvalue weighted by Crippen LogP contribution is 2.09. The van der Waals surface area contributed by atoms with Crippen LogP contribution < -0.4 is 5.43 Å². The Morgan fingerprint density at radius 3 is 2.27 bits per heavy atom. The van der Waals surface area contributed by atoms with Crippen LogP contribution in [0.15, 0.2) is 30.3 Å². The van der Waals surface area contributed by atoms with Gasteiger partial charge in [-0.25, -0.2) is 4.98 Å². The minimum Gasteiger partial charge on any atom is -0.278 e. The molecule has 3 heteroatoms. The second-order valence-corrected chi connectivity index (χ2v) is 3.73. The average molecular weight is 201 g/mol. The second kappa shape index (κ2) is 3.77. The van der Waals surface area contributed by atoms with Crippen LogP contribution in [0.25, 0.3) is 0 Å². The molecule has 0 radical (unpaired) electrons. The molecule has 2 rings (SSSR count). The molecule has 0 aliphatic carbocycles. The van der Waals surface area contributed by atoms with Gasteiger partial charge in [0.05, 0.1) is 0 Å². The maximum absolute atomic E-state index is 4.40. The number of aromatic nitrogens is 2. The zero-order valence-corrected chi connectivity index (χ0v) is 9.28. The van der Waals surface area contributed by atoms with Crippen LogP contribution >= 0.6 is 0 Å². The number of aryl methyl sites for hydroxylation is 3. The van der Waals surface area contributed by atoms with Crippen LogP contribution in [0.3, 0.4) is 0 Å². The predicted molar refractivity (Wildman–Crippen MR) is 61.9 cm³/mol. The summed E-state index contributed by atoms with van der Waals surface area (Å²) < 4.78 is 2.03. The Kier molecular flexibility index (Phi) is 2.46. The summed E-state index contributed by atoms with van der Waals surface area (Å²) in [6, 6.07) is 10.1. The van der Waals surface area contributed by atoms with Crippen molar-refractivity contribution in [2.45, 2.75) is 20.8 Å². The molecule has 1 N–H and O–H groups in total. The first-order chi connectivity index (χ1) is 7.16. The van der Waals surface area contributed by atoms with E-state index in [1.807, 2.05) is 29.8 Å². The molecule has 78 valence electrons. The molecule has 0 spiro atoms. The molecule has 0 aliphatic rings. The number of rotatable bonds is 2. The Morgan fingerprint density at radius 2 is 1.67 bits per heavy atom. The molecule has 0 aromatic carbocycles. The van der Waals surface area contributed by atoms with Gasteiger partial charge in [-0.3, -0.25) is 10.1 Å². The summed E-state index contributed by atoms with van der Waals surface area (Å²) >= 11 is 0. The summed E-state index contributed by atoms with van der Waals surface area (Å²) in [5.74, 6) is 0.873. The molecular weight excluding hydrogens is 186 g/mol. The number of hydrogen-bond acceptors (Lipinski definition) is 2. The van der Waals surface area contributed by atoms with Crippen LogP contribution in [-0.2, 0) is 0 Å². The smallest absolute Gasteiger partial charge is 0.145 e. The van der Waals surface area contributed by atoms with E-state index in [4.69, 9.17) is 0 Å². The molecule has 0 saturated carbocycles. The van der Waals surface area contributed by atoms with Crippen LogP contribution in [0.5, 0.6) is 0 Å². The molecule has 0 atom stereocenters. The van der Waals surface area contributed by atoms with Crippen molar-refractivity contribution in [1.29, 1.82) is 0 Å². The van der Waals surface area contributed by atoms with Gasteiger partial charge in [0.25, 0.3) is 0 Å². The topological polar surface area (TPSA) is 29.9 Å². The lowest BCUT2D eigenvalue weighted by atomic mass is 10.4. The number of pyridine rings is 1. The molecular formula is C12H15N3. The first kappa shape index (κ1) is 9.77. The van der Waals surface area contributed by atoms with Crippen molar-refractivity contribution in [3.8, 4) is 0 Å². The summed E-state index contributed by atoms with van der Waals surface area (Å²) in [7, 11) is 0. The van der Waals surface area contributed by atoms with E-state index in [0.29, 0.717) is 0 Å². The molecule has 0 aliphatic heterocycles. The first-order valence-corrected chi connectivity index (χ1v) is 5.02. The average Bonchev–Trinajstić information content (AvgIpc) is 2.50. The van der Waals surface area contributed by atoms with E-state index in [1.54, 1.807) is 0 Å². The zero-order valence-electron chi connectivity index (χ0n) is 9.28. The van der Waals surface area contributed by atoms with Crippen LogP contribution in [0, 0.1) is 20.8 Å². The molecule has 2 aromatic heterocycles. The standard InChI is InChI=1S/C12H15N3/c1-9-5-4-6-12(13-9)14-15-10(2)7-8-11(15)3/h4-8H,1-3H3,(H,13,14). The van der Waals surface area contributed by atoms with Crippen LogP contribution in [0.1, 0.15) is 17.1 Å². The lowest BCUT2D eigenvalue weighted by Crippen LogP contribution is -2.13. The summed E-state index contributed by atoms with van der Waals surface area (Å²) in [6.07, 6.45) is 0. The van der Waals surface area contributed by atoms with Gasteiger partial charge in [-0.1, -0.05) is 6.07 Å². The van der Waals surface area contributed by atoms with E-state index < -0.39 is 0 Å². The van der Waals surface area contributed by atoms with Gasteiger partial charge in [0.1, 0.15) is 5.82 Å². The third kappa shape index (κ3) is 2.01. The number of nitrogens with one attached hydrogen (secondary N) is 1. The van der Waals surface area contributed by atoms with E-state index >= 15 is 0 Å². The highest BCUT2D eigenvalue weighted by Gasteiger charge is 2.01. The van der Waals surface area contributed by atoms with Crippen molar-refractivity contribution in [3.63, 3.8) is 0 Å². The van der Waals surface area contributed by atoms with Crippen molar-refractivity contribution < 1.29 is 0 Å². The fraction of sp³-hybridized carbons (Fsp3) is 0.250. The minimum absolute atomic E-state index is 0.873. The summed E-state index contributed by atoms with van der Waals surface area (Å²) in [5.41, 5.74) is 6.64. The van der Waals surface area contributed by atoms with Gasteiger partial charge in [-0.15, -0.1) is 0 Å². The van der Waals surface area contributed by atoms with Crippen molar-refractivity contribution in [2.75, 3.05) is 5.43 Å². The van der Waals surface area contributed by atoms with Crippen molar-refractivity contribution in [2.24, 2.45) is 0 Å². The number of nitrogens with zero attached hydrogens (tertiary/aromatic N) is 2. The summed E-state index contributed by atoms with van der Waals surface area (Å²) in [4.78, 5) is 4.40. The van der Waals surface area contributed by atoms with Crippen molar-refractivity contribution in [3.05, 3.63) is 47.4 Å². The molecule has 0 amide bonds. The Labute approximate surface area is 89.7 Å². The van der Waals surface area contributed by atoms with Crippen molar-refractivity contribution >= 4 is 5.82 Å².